The molecule has 1 N–H and O–H groups in total. The molecule has 0 spiro atoms. The molecule has 8 heavy (non-hydrogen) atoms. The van der Waals surface area contributed by atoms with Crippen LogP contribution in [0.5, 0.6) is 0 Å². The smallest absolute Gasteiger partial charge is 0.160 e. The minimum atomic E-state index is -2.79. The molecule has 1 atom stereocenters. The van der Waals surface area contributed by atoms with Gasteiger partial charge in [0, 0.05) is 6.54 Å². The first kappa shape index (κ1) is 7.91. The van der Waals surface area contributed by atoms with Crippen LogP contribution in [0.25, 0.3) is 0 Å². The summed E-state index contributed by atoms with van der Waals surface area (Å²) in [5.74, 6) is 0.223. The first-order valence-corrected chi connectivity index (χ1v) is 4.19. The van der Waals surface area contributed by atoms with E-state index in [1.54, 1.807) is 13.8 Å². The van der Waals surface area contributed by atoms with Crippen LogP contribution < -0.4 is 0 Å². The van der Waals surface area contributed by atoms with Gasteiger partial charge in [-0.25, -0.2) is 8.57 Å². The molecule has 0 amide bonds. The van der Waals surface area contributed by atoms with Gasteiger partial charge < -0.3 is 4.55 Å². The normalized spacial score (nSPS) is 17.4. The third-order valence-electron chi connectivity index (χ3n) is 0.707. The minimum absolute atomic E-state index is 0.223. The predicted octanol–water partition coefficient (Wildman–Crippen LogP) is 0.967. The lowest BCUT2D eigenvalue weighted by molar-refractivity contribution is 0.551. The fourth-order valence-corrected chi connectivity index (χ4v) is 0.879. The summed E-state index contributed by atoms with van der Waals surface area (Å²) in [7, 11) is -2.79. The van der Waals surface area contributed by atoms with Crippen LogP contribution in [-0.4, -0.2) is 21.1 Å². The van der Waals surface area contributed by atoms with Crippen LogP contribution in [0.2, 0.25) is 0 Å². The summed E-state index contributed by atoms with van der Waals surface area (Å²) in [6.07, 6.45) is 0. The molecule has 0 aliphatic rings. The lowest BCUT2D eigenvalue weighted by Crippen LogP contribution is -1.99. The second kappa shape index (κ2) is 3.04. The van der Waals surface area contributed by atoms with Crippen LogP contribution in [0.1, 0.15) is 13.8 Å². The Bertz CT molecular complexity index is 157. The van der Waals surface area contributed by atoms with Crippen LogP contribution >= 0.6 is 0 Å². The zero-order valence-corrected chi connectivity index (χ0v) is 5.94. The number of rotatable bonds is 2. The molecule has 0 heterocycles. The summed E-state index contributed by atoms with van der Waals surface area (Å²) in [5, 5.41) is 0. The first-order chi connectivity index (χ1) is 3.62. The highest BCUT2D eigenvalue weighted by atomic mass is 32.2. The van der Waals surface area contributed by atoms with E-state index in [1.807, 2.05) is 0 Å². The fourth-order valence-electron chi connectivity index (χ4n) is 0.293. The van der Waals surface area contributed by atoms with E-state index in [0.717, 1.165) is 0 Å². The van der Waals surface area contributed by atoms with Gasteiger partial charge in [0.25, 0.3) is 0 Å². The van der Waals surface area contributed by atoms with Crippen LogP contribution in [0.15, 0.2) is 4.36 Å². The highest BCUT2D eigenvalue weighted by Gasteiger charge is 1.93. The van der Waals surface area contributed by atoms with Crippen molar-refractivity contribution in [2.24, 2.45) is 4.36 Å². The monoisotopic (exact) mass is 137 g/mol. The zero-order chi connectivity index (χ0) is 6.62. The Labute approximate surface area is 50.1 Å². The molecule has 3 nitrogen and oxygen atoms in total. The molecule has 0 rings (SSSR count). The van der Waals surface area contributed by atoms with E-state index in [9.17, 15) is 4.21 Å². The van der Waals surface area contributed by atoms with Gasteiger partial charge in [0.15, 0.2) is 10.0 Å². The molecule has 0 aromatic rings. The number of hydrogen-bond acceptors (Lipinski definition) is 2. The molecule has 0 fully saturated rings. The third-order valence-corrected chi connectivity index (χ3v) is 2.12. The van der Waals surface area contributed by atoms with Gasteiger partial charge in [0.1, 0.15) is 0 Å². The van der Waals surface area contributed by atoms with Crippen molar-refractivity contribution in [3.8, 4) is 0 Å². The maximum absolute atomic E-state index is 10.5. The Kier molecular flexibility index (Phi) is 3.01. The topological polar surface area (TPSA) is 49.7 Å². The molecular formula is C4H11NO2S. The maximum atomic E-state index is 10.5. The van der Waals surface area contributed by atoms with Crippen molar-refractivity contribution < 1.29 is 8.76 Å². The molecule has 0 aliphatic carbocycles. The molecule has 0 saturated heterocycles. The van der Waals surface area contributed by atoms with Crippen molar-refractivity contribution in [2.45, 2.75) is 13.8 Å². The summed E-state index contributed by atoms with van der Waals surface area (Å²) >= 11 is 0. The van der Waals surface area contributed by atoms with Gasteiger partial charge in [-0.2, -0.15) is 0 Å². The molecule has 0 saturated carbocycles. The fraction of sp³-hybridized carbons (Fsp3) is 1.00. The van der Waals surface area contributed by atoms with E-state index in [2.05, 4.69) is 4.36 Å². The highest BCUT2D eigenvalue weighted by Crippen LogP contribution is 1.87. The third kappa shape index (κ3) is 2.98. The van der Waals surface area contributed by atoms with E-state index in [0.29, 0.717) is 6.54 Å². The van der Waals surface area contributed by atoms with Crippen molar-refractivity contribution in [1.29, 1.82) is 0 Å². The molecule has 0 bridgehead atoms. The van der Waals surface area contributed by atoms with E-state index in [4.69, 9.17) is 4.55 Å². The average Bonchev–Trinajstić information content (AvgIpc) is 1.67. The second-order valence-electron chi connectivity index (χ2n) is 1.34. The molecular weight excluding hydrogens is 126 g/mol. The minimum Gasteiger partial charge on any atom is -0.300 e. The molecule has 1 unspecified atom stereocenters. The Morgan fingerprint density at radius 2 is 2.12 bits per heavy atom. The quantitative estimate of drug-likeness (QED) is 0.616. The SMILES string of the molecule is CCN=S(=O)(O)CC. The number of hydrogen-bond donors (Lipinski definition) is 1. The Balaban J connectivity index is 4.12. The summed E-state index contributed by atoms with van der Waals surface area (Å²) < 4.78 is 22.7. The molecule has 0 aliphatic heterocycles. The second-order valence-corrected chi connectivity index (χ2v) is 3.39. The van der Waals surface area contributed by atoms with Gasteiger partial charge in [0.05, 0.1) is 5.75 Å². The average molecular weight is 137 g/mol. The van der Waals surface area contributed by atoms with Gasteiger partial charge in [-0.3, -0.25) is 0 Å². The first-order valence-electron chi connectivity index (χ1n) is 2.55. The van der Waals surface area contributed by atoms with Gasteiger partial charge in [-0.15, -0.1) is 0 Å². The highest BCUT2D eigenvalue weighted by molar-refractivity contribution is 7.88. The van der Waals surface area contributed by atoms with E-state index >= 15 is 0 Å². The van der Waals surface area contributed by atoms with Crippen LogP contribution in [0, 0.1) is 0 Å². The van der Waals surface area contributed by atoms with Gasteiger partial charge in [0.2, 0.25) is 0 Å². The van der Waals surface area contributed by atoms with Crippen molar-refractivity contribution in [3.05, 3.63) is 0 Å². The summed E-state index contributed by atoms with van der Waals surface area (Å²) in [6, 6.07) is 0. The largest absolute Gasteiger partial charge is 0.300 e. The lowest BCUT2D eigenvalue weighted by Gasteiger charge is -1.93. The maximum Gasteiger partial charge on any atom is 0.160 e. The van der Waals surface area contributed by atoms with Gasteiger partial charge in [-0.05, 0) is 6.92 Å². The van der Waals surface area contributed by atoms with Crippen LogP contribution in [-0.2, 0) is 10.0 Å². The van der Waals surface area contributed by atoms with Crippen molar-refractivity contribution in [3.63, 3.8) is 0 Å². The Hall–Kier alpha value is -0.0900. The van der Waals surface area contributed by atoms with Crippen molar-refractivity contribution in [1.82, 2.24) is 0 Å². The van der Waals surface area contributed by atoms with Crippen LogP contribution in [0.4, 0.5) is 0 Å². The lowest BCUT2D eigenvalue weighted by atomic mass is 10.8. The molecule has 50 valence electrons. The number of nitrogens with zero attached hydrogens (tertiary/aromatic N) is 1. The summed E-state index contributed by atoms with van der Waals surface area (Å²) in [5.41, 5.74) is 0. The van der Waals surface area contributed by atoms with Crippen molar-refractivity contribution in [2.75, 3.05) is 12.3 Å². The zero-order valence-electron chi connectivity index (χ0n) is 5.13. The van der Waals surface area contributed by atoms with Gasteiger partial charge >= 0.3 is 0 Å². The van der Waals surface area contributed by atoms with E-state index in [-0.39, 0.29) is 5.75 Å². The van der Waals surface area contributed by atoms with Crippen molar-refractivity contribution >= 4 is 10.0 Å². The molecule has 0 aromatic heterocycles. The van der Waals surface area contributed by atoms with E-state index < -0.39 is 10.0 Å². The Morgan fingerprint density at radius 3 is 2.25 bits per heavy atom. The molecule has 4 heteroatoms. The summed E-state index contributed by atoms with van der Waals surface area (Å²) in [4.78, 5) is 0. The van der Waals surface area contributed by atoms with E-state index in [1.165, 1.54) is 0 Å². The van der Waals surface area contributed by atoms with Crippen LogP contribution in [0.3, 0.4) is 0 Å². The predicted molar refractivity (Wildman–Crippen MR) is 34.3 cm³/mol. The van der Waals surface area contributed by atoms with Gasteiger partial charge in [-0.1, -0.05) is 6.92 Å². The standard InChI is InChI=1S/C4H11NO2S/c1-3-5-8(6,7)4-2/h3-4H2,1-2H3,(H,5,6,7). The molecule has 0 radical (unpaired) electrons. The molecule has 0 aromatic carbocycles. The Morgan fingerprint density at radius 1 is 1.62 bits per heavy atom. The summed E-state index contributed by atoms with van der Waals surface area (Å²) in [6.45, 7) is 3.80.